The van der Waals surface area contributed by atoms with Gasteiger partial charge in [-0.25, -0.2) is 28.1 Å². The minimum absolute atomic E-state index is 0. The zero-order chi connectivity index (χ0) is 31.0. The second kappa shape index (κ2) is 15.4. The maximum Gasteiger partial charge on any atom is 1.00 e. The van der Waals surface area contributed by atoms with Gasteiger partial charge in [0.1, 0.15) is 30.2 Å². The summed E-state index contributed by atoms with van der Waals surface area (Å²) in [6, 6.07) is 4.81. The van der Waals surface area contributed by atoms with Crippen LogP contribution in [0, 0.1) is 10.1 Å². The Balaban J connectivity index is 0.00000337. The van der Waals surface area contributed by atoms with Crippen molar-refractivity contribution in [3.8, 4) is 0 Å². The minimum Gasteiger partial charge on any atom is -0.756 e. The number of phosphoric acid groups is 3. The van der Waals surface area contributed by atoms with Crippen LogP contribution in [0.15, 0.2) is 36.9 Å². The van der Waals surface area contributed by atoms with Crippen molar-refractivity contribution < 1.29 is 125 Å². The quantitative estimate of drug-likeness (QED) is 0.0591. The van der Waals surface area contributed by atoms with E-state index < -0.39 is 71.3 Å². The molecule has 5 N–H and O–H groups in total. The van der Waals surface area contributed by atoms with E-state index in [4.69, 9.17) is 10.5 Å². The van der Waals surface area contributed by atoms with Crippen LogP contribution < -0.4 is 74.6 Å². The molecule has 3 aromatic rings. The molecular formula is C18H21N6Na2O15P3. The molecule has 8 atom stereocenters. The summed E-state index contributed by atoms with van der Waals surface area (Å²) < 4.78 is 59.8. The average molecular weight is 700 g/mol. The van der Waals surface area contributed by atoms with E-state index in [-0.39, 0.29) is 81.7 Å². The Bertz CT molecular complexity index is 1630. The number of hydrogen-bond donors (Lipinski definition) is 4. The number of nitrogens with two attached hydrogens (primary N) is 1. The number of imidazole rings is 1. The molecule has 1 saturated heterocycles. The first-order valence-electron chi connectivity index (χ1n) is 11.4. The smallest absolute Gasteiger partial charge is 0.756 e. The second-order valence-corrected chi connectivity index (χ2v) is 13.0. The van der Waals surface area contributed by atoms with Gasteiger partial charge >= 0.3 is 66.9 Å². The number of aliphatic hydroxyl groups is 2. The summed E-state index contributed by atoms with van der Waals surface area (Å²) in [5.74, 6) is 0.0122. The number of rotatable bonds is 12. The standard InChI is InChI=1S/C18H23N6O15P3.2Na/c1-9(10-4-2-3-5-11(10)24(27)28)37-41(31,32)39-42(33,34)38-40(29,30)35-6-12-14(25)15(26)18(36-12)23-8-22-13-16(19)20-7-21-17(13)23;;/h2-5,7-9,12,14-15,18,25-26H,6H2,1H3,(H,29,30)(H,31,32)(H,33,34)(H2,19,20,21);;/q;2*+1/p-2. The van der Waals surface area contributed by atoms with Crippen molar-refractivity contribution in [1.82, 2.24) is 19.5 Å². The van der Waals surface area contributed by atoms with Crippen LogP contribution in [0.3, 0.4) is 0 Å². The number of fused-ring (bicyclic) bond motifs is 1. The molecule has 4 rings (SSSR count). The fourth-order valence-corrected chi connectivity index (χ4v) is 7.43. The SMILES string of the molecule is CC(OP(=O)([O-])OP(=O)([O-])OP(=O)(O)OCC1OC(n2cnc3c(N)ncnc32)C(O)C1O)c1ccccc1[N+](=O)[O-].[Na+].[Na+]. The third-order valence-corrected chi connectivity index (χ3v) is 9.94. The molecule has 8 unspecified atom stereocenters. The molecule has 0 aliphatic carbocycles. The molecule has 0 bridgehead atoms. The summed E-state index contributed by atoms with van der Waals surface area (Å²) >= 11 is 0. The van der Waals surface area contributed by atoms with Crippen LogP contribution in [0.5, 0.6) is 0 Å². The summed E-state index contributed by atoms with van der Waals surface area (Å²) in [7, 11) is -17.7. The number of benzene rings is 1. The normalized spacial score (nSPS) is 24.7. The number of nitrogen functional groups attached to an aromatic ring is 1. The number of phosphoric ester groups is 2. The monoisotopic (exact) mass is 700 g/mol. The summed E-state index contributed by atoms with van der Waals surface area (Å²) in [5.41, 5.74) is 5.18. The molecule has 1 aliphatic heterocycles. The van der Waals surface area contributed by atoms with Crippen LogP contribution in [0.2, 0.25) is 0 Å². The predicted molar refractivity (Wildman–Crippen MR) is 131 cm³/mol. The molecule has 0 radical (unpaired) electrons. The van der Waals surface area contributed by atoms with Gasteiger partial charge < -0.3 is 39.9 Å². The van der Waals surface area contributed by atoms with Crippen molar-refractivity contribution in [2.45, 2.75) is 37.6 Å². The fraction of sp³-hybridized carbons (Fsp3) is 0.389. The van der Waals surface area contributed by atoms with Gasteiger partial charge in [-0.15, -0.1) is 0 Å². The van der Waals surface area contributed by atoms with E-state index in [0.717, 1.165) is 25.4 Å². The molecule has 0 saturated carbocycles. The van der Waals surface area contributed by atoms with Crippen LogP contribution in [-0.4, -0.2) is 64.5 Å². The van der Waals surface area contributed by atoms with E-state index >= 15 is 0 Å². The summed E-state index contributed by atoms with van der Waals surface area (Å²) in [5, 5.41) is 31.9. The summed E-state index contributed by atoms with van der Waals surface area (Å²) in [6.45, 7) is -0.0114. The molecule has 1 fully saturated rings. The van der Waals surface area contributed by atoms with E-state index in [2.05, 4.69) is 32.6 Å². The fourth-order valence-electron chi connectivity index (χ4n) is 3.88. The van der Waals surface area contributed by atoms with Gasteiger partial charge in [0.15, 0.2) is 17.7 Å². The van der Waals surface area contributed by atoms with Crippen molar-refractivity contribution in [2.75, 3.05) is 12.3 Å². The topological polar surface area (TPSA) is 317 Å². The molecule has 21 nitrogen and oxygen atoms in total. The molecule has 0 spiro atoms. The number of hydrogen-bond acceptors (Lipinski definition) is 18. The Morgan fingerprint density at radius 2 is 1.75 bits per heavy atom. The zero-order valence-electron chi connectivity index (χ0n) is 23.0. The van der Waals surface area contributed by atoms with Gasteiger partial charge in [0.25, 0.3) is 21.3 Å². The first kappa shape index (κ1) is 39.4. The van der Waals surface area contributed by atoms with E-state index in [1.165, 1.54) is 23.0 Å². The number of anilines is 1. The number of para-hydroxylation sites is 1. The Morgan fingerprint density at radius 3 is 2.41 bits per heavy atom. The molecule has 230 valence electrons. The van der Waals surface area contributed by atoms with Crippen molar-refractivity contribution in [1.29, 1.82) is 0 Å². The van der Waals surface area contributed by atoms with Crippen molar-refractivity contribution in [3.63, 3.8) is 0 Å². The van der Waals surface area contributed by atoms with E-state index in [1.807, 2.05) is 0 Å². The maximum atomic E-state index is 12.3. The molecule has 2 aromatic heterocycles. The number of aromatic nitrogens is 4. The number of aliphatic hydroxyl groups excluding tert-OH is 2. The molecule has 44 heavy (non-hydrogen) atoms. The first-order chi connectivity index (χ1) is 19.5. The molecular weight excluding hydrogens is 679 g/mol. The minimum atomic E-state index is -6.20. The maximum absolute atomic E-state index is 12.3. The molecule has 26 heteroatoms. The Morgan fingerprint density at radius 1 is 1.09 bits per heavy atom. The zero-order valence-corrected chi connectivity index (χ0v) is 29.6. The molecule has 3 heterocycles. The van der Waals surface area contributed by atoms with Crippen molar-refractivity contribution >= 4 is 46.1 Å². The van der Waals surface area contributed by atoms with Gasteiger partial charge in [-0.05, 0) is 13.0 Å². The number of nitro groups is 1. The van der Waals surface area contributed by atoms with Crippen LogP contribution >= 0.6 is 23.5 Å². The summed E-state index contributed by atoms with van der Waals surface area (Å²) in [4.78, 5) is 56.1. The molecule has 1 aliphatic rings. The van der Waals surface area contributed by atoms with Gasteiger partial charge in [0.05, 0.1) is 29.5 Å². The molecule has 0 amide bonds. The molecule has 1 aromatic carbocycles. The van der Waals surface area contributed by atoms with E-state index in [0.29, 0.717) is 0 Å². The van der Waals surface area contributed by atoms with Crippen LogP contribution in [0.1, 0.15) is 24.8 Å². The van der Waals surface area contributed by atoms with E-state index in [1.54, 1.807) is 0 Å². The third kappa shape index (κ3) is 9.42. The summed E-state index contributed by atoms with van der Waals surface area (Å²) in [6.07, 6.45) is -5.66. The van der Waals surface area contributed by atoms with Crippen molar-refractivity contribution in [2.24, 2.45) is 0 Å². The van der Waals surface area contributed by atoms with Crippen LogP contribution in [0.4, 0.5) is 11.5 Å². The Hall–Kier alpha value is -0.740. The number of ether oxygens (including phenoxy) is 1. The second-order valence-electron chi connectivity index (χ2n) is 8.51. The Labute approximate surface area is 291 Å². The largest absolute Gasteiger partial charge is 1.00 e. The van der Waals surface area contributed by atoms with Gasteiger partial charge in [-0.3, -0.25) is 28.3 Å². The van der Waals surface area contributed by atoms with E-state index in [9.17, 15) is 48.7 Å². The van der Waals surface area contributed by atoms with Gasteiger partial charge in [-0.1, -0.05) is 12.1 Å². The van der Waals surface area contributed by atoms with Gasteiger partial charge in [0, 0.05) is 6.07 Å². The number of nitro benzene ring substituents is 1. The third-order valence-electron chi connectivity index (χ3n) is 5.66. The van der Waals surface area contributed by atoms with Crippen LogP contribution in [0.25, 0.3) is 11.2 Å². The van der Waals surface area contributed by atoms with Gasteiger partial charge in [-0.2, -0.15) is 0 Å². The van der Waals surface area contributed by atoms with Crippen molar-refractivity contribution in [3.05, 3.63) is 52.6 Å². The average Bonchev–Trinajstić information content (AvgIpc) is 3.42. The van der Waals surface area contributed by atoms with Gasteiger partial charge in [0.2, 0.25) is 0 Å². The predicted octanol–water partition coefficient (Wildman–Crippen LogP) is -6.19. The van der Waals surface area contributed by atoms with Crippen LogP contribution in [-0.2, 0) is 36.1 Å². The number of nitrogens with zero attached hydrogens (tertiary/aromatic N) is 5. The first-order valence-corrected chi connectivity index (χ1v) is 15.8. The Kier molecular flexibility index (Phi) is 13.8.